The monoisotopic (exact) mass is 290 g/mol. The largest absolute Gasteiger partial charge is 0.494 e. The molecule has 0 radical (unpaired) electrons. The van der Waals surface area contributed by atoms with Crippen molar-refractivity contribution in [1.82, 2.24) is 9.78 Å². The Morgan fingerprint density at radius 3 is 2.45 bits per heavy atom. The van der Waals surface area contributed by atoms with Gasteiger partial charge in [0.25, 0.3) is 5.56 Å². The first-order valence-electron chi connectivity index (χ1n) is 7.05. The quantitative estimate of drug-likeness (QED) is 0.614. The van der Waals surface area contributed by atoms with Gasteiger partial charge in [0.2, 0.25) is 0 Å². The van der Waals surface area contributed by atoms with Crippen molar-refractivity contribution in [3.63, 3.8) is 0 Å². The molecule has 0 fully saturated rings. The molecule has 1 heterocycles. The molecule has 0 atom stereocenters. The maximum atomic E-state index is 12.4. The Kier molecular flexibility index (Phi) is 2.76. The lowest BCUT2D eigenvalue weighted by Crippen LogP contribution is -2.03. The third-order valence-electron chi connectivity index (χ3n) is 3.88. The highest BCUT2D eigenvalue weighted by molar-refractivity contribution is 6.04. The van der Waals surface area contributed by atoms with E-state index in [1.807, 2.05) is 60.7 Å². The van der Waals surface area contributed by atoms with Gasteiger partial charge in [-0.1, -0.05) is 42.5 Å². The molecule has 1 N–H and O–H groups in total. The van der Waals surface area contributed by atoms with Gasteiger partial charge in [-0.25, -0.2) is 4.68 Å². The van der Waals surface area contributed by atoms with Crippen molar-refractivity contribution in [2.45, 2.75) is 0 Å². The van der Waals surface area contributed by atoms with Gasteiger partial charge in [-0.05, 0) is 23.6 Å². The highest BCUT2D eigenvalue weighted by Gasteiger charge is 2.16. The Labute approximate surface area is 126 Å². The van der Waals surface area contributed by atoms with Crippen LogP contribution in [-0.2, 0) is 0 Å². The summed E-state index contributed by atoms with van der Waals surface area (Å²) in [5.41, 5.74) is 1.53. The summed E-state index contributed by atoms with van der Waals surface area (Å²) < 4.78 is 7.42. The van der Waals surface area contributed by atoms with Gasteiger partial charge in [0.05, 0.1) is 18.2 Å². The number of benzene rings is 3. The predicted octanol–water partition coefficient (Wildman–Crippen LogP) is 3.48. The van der Waals surface area contributed by atoms with Crippen molar-refractivity contribution in [2.24, 2.45) is 0 Å². The third kappa shape index (κ3) is 1.74. The normalized spacial score (nSPS) is 11.1. The molecule has 0 amide bonds. The van der Waals surface area contributed by atoms with Crippen LogP contribution >= 0.6 is 0 Å². The van der Waals surface area contributed by atoms with Gasteiger partial charge >= 0.3 is 0 Å². The average Bonchev–Trinajstić information content (AvgIpc) is 2.90. The van der Waals surface area contributed by atoms with Crippen LogP contribution in [0, 0.1) is 0 Å². The van der Waals surface area contributed by atoms with Crippen LogP contribution in [0.1, 0.15) is 0 Å². The zero-order valence-corrected chi connectivity index (χ0v) is 12.0. The van der Waals surface area contributed by atoms with Gasteiger partial charge in [0.15, 0.2) is 5.75 Å². The van der Waals surface area contributed by atoms with Gasteiger partial charge < -0.3 is 4.74 Å². The lowest BCUT2D eigenvalue weighted by Gasteiger charge is -2.10. The van der Waals surface area contributed by atoms with Crippen LogP contribution < -0.4 is 10.3 Å². The molecular weight excluding hydrogens is 276 g/mol. The van der Waals surface area contributed by atoms with E-state index in [-0.39, 0.29) is 5.56 Å². The van der Waals surface area contributed by atoms with E-state index in [1.54, 1.807) is 11.8 Å². The maximum Gasteiger partial charge on any atom is 0.272 e. The second-order valence-electron chi connectivity index (χ2n) is 5.14. The molecule has 0 aliphatic heterocycles. The number of H-pyrrole nitrogens is 1. The van der Waals surface area contributed by atoms with Gasteiger partial charge in [0, 0.05) is 5.39 Å². The SMILES string of the molecule is COc1c2ccccc2cc2c(=O)[nH]n(-c3ccccc3)c12. The van der Waals surface area contributed by atoms with Gasteiger partial charge in [-0.3, -0.25) is 9.89 Å². The first kappa shape index (κ1) is 12.7. The summed E-state index contributed by atoms with van der Waals surface area (Å²) in [6, 6.07) is 19.5. The Morgan fingerprint density at radius 2 is 1.68 bits per heavy atom. The number of aromatic amines is 1. The van der Waals surface area contributed by atoms with Gasteiger partial charge in [-0.15, -0.1) is 0 Å². The number of hydrogen-bond acceptors (Lipinski definition) is 2. The molecule has 0 aliphatic rings. The summed E-state index contributed by atoms with van der Waals surface area (Å²) >= 11 is 0. The van der Waals surface area contributed by atoms with Crippen LogP contribution in [0.4, 0.5) is 0 Å². The van der Waals surface area contributed by atoms with Crippen molar-refractivity contribution in [1.29, 1.82) is 0 Å². The second-order valence-corrected chi connectivity index (χ2v) is 5.14. The van der Waals surface area contributed by atoms with E-state index in [9.17, 15) is 4.79 Å². The standard InChI is InChI=1S/C18H14N2O2/c1-22-17-14-10-6-5-7-12(14)11-15-16(17)20(19-18(15)21)13-8-3-2-4-9-13/h2-11H,1H3,(H,19,21). The Bertz CT molecular complexity index is 1030. The number of methoxy groups -OCH3 is 1. The van der Waals surface area contributed by atoms with E-state index in [0.717, 1.165) is 22.0 Å². The number of nitrogens with one attached hydrogen (secondary N) is 1. The van der Waals surface area contributed by atoms with E-state index in [1.165, 1.54) is 0 Å². The van der Waals surface area contributed by atoms with Crippen molar-refractivity contribution in [3.8, 4) is 11.4 Å². The molecule has 4 rings (SSSR count). The zero-order chi connectivity index (χ0) is 15.1. The van der Waals surface area contributed by atoms with Crippen LogP contribution in [0.5, 0.6) is 5.75 Å². The smallest absolute Gasteiger partial charge is 0.272 e. The molecule has 4 heteroatoms. The number of ether oxygens (including phenoxy) is 1. The number of para-hydroxylation sites is 1. The highest BCUT2D eigenvalue weighted by atomic mass is 16.5. The van der Waals surface area contributed by atoms with E-state index in [0.29, 0.717) is 11.1 Å². The van der Waals surface area contributed by atoms with Crippen LogP contribution in [0.2, 0.25) is 0 Å². The fraction of sp³-hybridized carbons (Fsp3) is 0.0556. The lowest BCUT2D eigenvalue weighted by molar-refractivity contribution is 0.423. The summed E-state index contributed by atoms with van der Waals surface area (Å²) in [5.74, 6) is 0.704. The van der Waals surface area contributed by atoms with Crippen molar-refractivity contribution < 1.29 is 4.74 Å². The lowest BCUT2D eigenvalue weighted by atomic mass is 10.1. The summed E-state index contributed by atoms with van der Waals surface area (Å²) in [5, 5.41) is 5.50. The minimum Gasteiger partial charge on any atom is -0.494 e. The molecule has 0 bridgehead atoms. The minimum absolute atomic E-state index is 0.122. The first-order chi connectivity index (χ1) is 10.8. The summed E-state index contributed by atoms with van der Waals surface area (Å²) in [7, 11) is 1.63. The number of aromatic nitrogens is 2. The molecule has 4 aromatic rings. The molecule has 108 valence electrons. The molecule has 0 aliphatic carbocycles. The maximum absolute atomic E-state index is 12.4. The number of hydrogen-bond donors (Lipinski definition) is 1. The summed E-state index contributed by atoms with van der Waals surface area (Å²) in [4.78, 5) is 12.4. The van der Waals surface area contributed by atoms with Crippen LogP contribution in [0.3, 0.4) is 0 Å². The predicted molar refractivity (Wildman–Crippen MR) is 88.0 cm³/mol. The van der Waals surface area contributed by atoms with Crippen molar-refractivity contribution in [2.75, 3.05) is 7.11 Å². The average molecular weight is 290 g/mol. The fourth-order valence-corrected chi connectivity index (χ4v) is 2.89. The number of fused-ring (bicyclic) bond motifs is 2. The van der Waals surface area contributed by atoms with Crippen LogP contribution in [-0.4, -0.2) is 16.9 Å². The molecule has 0 spiro atoms. The van der Waals surface area contributed by atoms with Gasteiger partial charge in [-0.2, -0.15) is 0 Å². The van der Waals surface area contributed by atoms with Gasteiger partial charge in [0.1, 0.15) is 5.52 Å². The Balaban J connectivity index is 2.21. The first-order valence-corrected chi connectivity index (χ1v) is 7.05. The third-order valence-corrected chi connectivity index (χ3v) is 3.88. The summed E-state index contributed by atoms with van der Waals surface area (Å²) in [6.45, 7) is 0. The van der Waals surface area contributed by atoms with E-state index in [4.69, 9.17) is 4.74 Å². The van der Waals surface area contributed by atoms with E-state index in [2.05, 4.69) is 5.10 Å². The Morgan fingerprint density at radius 1 is 0.955 bits per heavy atom. The van der Waals surface area contributed by atoms with Crippen molar-refractivity contribution >= 4 is 21.7 Å². The highest BCUT2D eigenvalue weighted by Crippen LogP contribution is 2.34. The molecular formula is C18H14N2O2. The van der Waals surface area contributed by atoms with Crippen LogP contribution in [0.25, 0.3) is 27.4 Å². The molecule has 0 saturated carbocycles. The topological polar surface area (TPSA) is 47.0 Å². The molecule has 3 aromatic carbocycles. The number of rotatable bonds is 2. The van der Waals surface area contributed by atoms with Crippen molar-refractivity contribution in [3.05, 3.63) is 71.0 Å². The molecule has 22 heavy (non-hydrogen) atoms. The van der Waals surface area contributed by atoms with E-state index >= 15 is 0 Å². The fourth-order valence-electron chi connectivity index (χ4n) is 2.89. The molecule has 0 saturated heterocycles. The second kappa shape index (κ2) is 4.77. The van der Waals surface area contributed by atoms with E-state index < -0.39 is 0 Å². The summed E-state index contributed by atoms with van der Waals surface area (Å²) in [6.07, 6.45) is 0. The number of nitrogens with zero attached hydrogens (tertiary/aromatic N) is 1. The Hall–Kier alpha value is -3.01. The molecule has 1 aromatic heterocycles. The zero-order valence-electron chi connectivity index (χ0n) is 12.0. The molecule has 4 nitrogen and oxygen atoms in total. The minimum atomic E-state index is -0.122. The van der Waals surface area contributed by atoms with Crippen LogP contribution in [0.15, 0.2) is 65.5 Å². The molecule has 0 unspecified atom stereocenters.